The molecule has 6 nitrogen and oxygen atoms in total. The zero-order valence-corrected chi connectivity index (χ0v) is 14.9. The molecule has 0 saturated heterocycles. The number of carbonyl (C=O) groups is 1. The minimum absolute atomic E-state index is 0.119. The van der Waals surface area contributed by atoms with Crippen molar-refractivity contribution >= 4 is 17.7 Å². The number of anilines is 2. The largest absolute Gasteiger partial charge is 0.367 e. The van der Waals surface area contributed by atoms with E-state index in [1.165, 1.54) is 31.2 Å². The Morgan fingerprint density at radius 3 is 2.71 bits per heavy atom. The third-order valence-corrected chi connectivity index (χ3v) is 5.96. The van der Waals surface area contributed by atoms with Gasteiger partial charge >= 0.3 is 0 Å². The highest BCUT2D eigenvalue weighted by Gasteiger charge is 2.40. The standard InChI is InChI=1S/C18H27N5O/c1-11(24)23-7-6-14-16(10-23)20-18(22(2)3)21-17(14)19-15-9-12-4-5-13(15)8-12/h12-13,15H,4-10H2,1-3H3,(H,19,20,21). The second kappa shape index (κ2) is 5.90. The van der Waals surface area contributed by atoms with Crippen LogP contribution in [-0.2, 0) is 17.8 Å². The Morgan fingerprint density at radius 1 is 1.25 bits per heavy atom. The monoisotopic (exact) mass is 329 g/mol. The lowest BCUT2D eigenvalue weighted by Gasteiger charge is -2.31. The summed E-state index contributed by atoms with van der Waals surface area (Å²) in [6, 6.07) is 0.559. The maximum absolute atomic E-state index is 11.7. The van der Waals surface area contributed by atoms with E-state index in [4.69, 9.17) is 9.97 Å². The Bertz CT molecular complexity index is 659. The van der Waals surface area contributed by atoms with Crippen LogP contribution in [-0.4, -0.2) is 47.5 Å². The molecule has 2 heterocycles. The van der Waals surface area contributed by atoms with Gasteiger partial charge in [0.25, 0.3) is 0 Å². The third kappa shape index (κ3) is 2.72. The van der Waals surface area contributed by atoms with Crippen molar-refractivity contribution in [2.24, 2.45) is 11.8 Å². The molecule has 1 aliphatic heterocycles. The second-order valence-electron chi connectivity index (χ2n) is 7.81. The van der Waals surface area contributed by atoms with Crippen molar-refractivity contribution in [1.82, 2.24) is 14.9 Å². The number of fused-ring (bicyclic) bond motifs is 3. The topological polar surface area (TPSA) is 61.4 Å². The third-order valence-electron chi connectivity index (χ3n) is 5.96. The van der Waals surface area contributed by atoms with Crippen molar-refractivity contribution in [3.63, 3.8) is 0 Å². The Hall–Kier alpha value is -1.85. The number of carbonyl (C=O) groups excluding carboxylic acids is 1. The van der Waals surface area contributed by atoms with Gasteiger partial charge in [-0.3, -0.25) is 4.79 Å². The van der Waals surface area contributed by atoms with Crippen LogP contribution in [0.15, 0.2) is 0 Å². The first kappa shape index (κ1) is 15.7. The van der Waals surface area contributed by atoms with E-state index in [-0.39, 0.29) is 5.91 Å². The van der Waals surface area contributed by atoms with Crippen LogP contribution in [0.5, 0.6) is 0 Å². The first-order valence-corrected chi connectivity index (χ1v) is 9.10. The van der Waals surface area contributed by atoms with Gasteiger partial charge in [-0.05, 0) is 37.5 Å². The van der Waals surface area contributed by atoms with Crippen molar-refractivity contribution in [1.29, 1.82) is 0 Å². The summed E-state index contributed by atoms with van der Waals surface area (Å²) in [4.78, 5) is 25.1. The van der Waals surface area contributed by atoms with Gasteiger partial charge in [0.15, 0.2) is 0 Å². The zero-order chi connectivity index (χ0) is 16.8. The van der Waals surface area contributed by atoms with Gasteiger partial charge < -0.3 is 15.1 Å². The summed E-state index contributed by atoms with van der Waals surface area (Å²) in [6.45, 7) is 2.99. The number of amides is 1. The maximum atomic E-state index is 11.7. The molecule has 6 heteroatoms. The van der Waals surface area contributed by atoms with Crippen molar-refractivity contribution in [2.45, 2.75) is 51.6 Å². The molecule has 0 aromatic carbocycles. The van der Waals surface area contributed by atoms with Crippen molar-refractivity contribution in [2.75, 3.05) is 30.9 Å². The molecule has 24 heavy (non-hydrogen) atoms. The highest BCUT2D eigenvalue weighted by atomic mass is 16.2. The fourth-order valence-corrected chi connectivity index (χ4v) is 4.60. The lowest BCUT2D eigenvalue weighted by atomic mass is 9.95. The Kier molecular flexibility index (Phi) is 3.85. The van der Waals surface area contributed by atoms with Crippen LogP contribution in [0.1, 0.15) is 43.9 Å². The summed E-state index contributed by atoms with van der Waals surface area (Å²) in [5.74, 6) is 3.56. The highest BCUT2D eigenvalue weighted by molar-refractivity contribution is 5.73. The second-order valence-corrected chi connectivity index (χ2v) is 7.81. The van der Waals surface area contributed by atoms with E-state index in [9.17, 15) is 4.79 Å². The molecule has 3 aliphatic rings. The summed E-state index contributed by atoms with van der Waals surface area (Å²) in [5, 5.41) is 3.76. The molecule has 0 spiro atoms. The molecule has 2 bridgehead atoms. The van der Waals surface area contributed by atoms with Crippen LogP contribution in [0.4, 0.5) is 11.8 Å². The molecule has 4 rings (SSSR count). The summed E-state index contributed by atoms with van der Waals surface area (Å²) in [5.41, 5.74) is 2.21. The minimum atomic E-state index is 0.119. The van der Waals surface area contributed by atoms with Gasteiger partial charge in [-0.1, -0.05) is 6.42 Å². The van der Waals surface area contributed by atoms with E-state index in [0.29, 0.717) is 12.6 Å². The summed E-state index contributed by atoms with van der Waals surface area (Å²) < 4.78 is 0. The normalized spacial score (nSPS) is 28.0. The molecule has 1 N–H and O–H groups in total. The highest BCUT2D eigenvalue weighted by Crippen LogP contribution is 2.45. The maximum Gasteiger partial charge on any atom is 0.227 e. The fraction of sp³-hybridized carbons (Fsp3) is 0.722. The Balaban J connectivity index is 1.64. The first-order valence-electron chi connectivity index (χ1n) is 9.10. The molecule has 1 aromatic rings. The average Bonchev–Trinajstić information content (AvgIpc) is 3.16. The van der Waals surface area contributed by atoms with Crippen LogP contribution in [0.2, 0.25) is 0 Å². The summed E-state index contributed by atoms with van der Waals surface area (Å²) in [6.07, 6.45) is 6.26. The fourth-order valence-electron chi connectivity index (χ4n) is 4.60. The van der Waals surface area contributed by atoms with Gasteiger partial charge in [0.2, 0.25) is 11.9 Å². The van der Waals surface area contributed by atoms with Crippen molar-refractivity contribution < 1.29 is 4.79 Å². The number of hydrogen-bond acceptors (Lipinski definition) is 5. The lowest BCUT2D eigenvalue weighted by Crippen LogP contribution is -2.36. The molecule has 0 radical (unpaired) electrons. The van der Waals surface area contributed by atoms with Crippen LogP contribution in [0, 0.1) is 11.8 Å². The number of aromatic nitrogens is 2. The van der Waals surface area contributed by atoms with Crippen LogP contribution >= 0.6 is 0 Å². The van der Waals surface area contributed by atoms with Crippen LogP contribution < -0.4 is 10.2 Å². The van der Waals surface area contributed by atoms with Gasteiger partial charge in [0.05, 0.1) is 12.2 Å². The first-order chi connectivity index (χ1) is 11.5. The summed E-state index contributed by atoms with van der Waals surface area (Å²) >= 11 is 0. The van der Waals surface area contributed by atoms with Crippen molar-refractivity contribution in [3.8, 4) is 0 Å². The number of nitrogens with zero attached hydrogens (tertiary/aromatic N) is 4. The quantitative estimate of drug-likeness (QED) is 0.919. The van der Waals surface area contributed by atoms with Gasteiger partial charge in [0.1, 0.15) is 5.82 Å². The van der Waals surface area contributed by atoms with Crippen LogP contribution in [0.3, 0.4) is 0 Å². The number of rotatable bonds is 3. The minimum Gasteiger partial charge on any atom is -0.367 e. The van der Waals surface area contributed by atoms with E-state index >= 15 is 0 Å². The van der Waals surface area contributed by atoms with E-state index in [1.54, 1.807) is 6.92 Å². The predicted octanol–water partition coefficient (Wildman–Crippen LogP) is 2.05. The average molecular weight is 329 g/mol. The number of nitrogens with one attached hydrogen (secondary N) is 1. The molecule has 2 aliphatic carbocycles. The van der Waals surface area contributed by atoms with Crippen molar-refractivity contribution in [3.05, 3.63) is 11.3 Å². The molecular weight excluding hydrogens is 302 g/mol. The SMILES string of the molecule is CC(=O)N1CCc2c(nc(N(C)C)nc2NC2CC3CCC2C3)C1. The Labute approximate surface area is 143 Å². The Morgan fingerprint density at radius 2 is 2.08 bits per heavy atom. The van der Waals surface area contributed by atoms with E-state index in [1.807, 2.05) is 23.9 Å². The van der Waals surface area contributed by atoms with E-state index in [2.05, 4.69) is 5.32 Å². The molecule has 1 amide bonds. The van der Waals surface area contributed by atoms with Gasteiger partial charge in [-0.2, -0.15) is 4.98 Å². The number of hydrogen-bond donors (Lipinski definition) is 1. The van der Waals surface area contributed by atoms with E-state index < -0.39 is 0 Å². The predicted molar refractivity (Wildman–Crippen MR) is 94.0 cm³/mol. The molecule has 130 valence electrons. The van der Waals surface area contributed by atoms with Crippen LogP contribution in [0.25, 0.3) is 0 Å². The molecule has 1 aromatic heterocycles. The molecule has 2 saturated carbocycles. The van der Waals surface area contributed by atoms with Gasteiger partial charge in [0, 0.05) is 39.2 Å². The van der Waals surface area contributed by atoms with Gasteiger partial charge in [-0.15, -0.1) is 0 Å². The van der Waals surface area contributed by atoms with E-state index in [0.717, 1.165) is 42.3 Å². The smallest absolute Gasteiger partial charge is 0.227 e. The zero-order valence-electron chi connectivity index (χ0n) is 14.9. The summed E-state index contributed by atoms with van der Waals surface area (Å²) in [7, 11) is 3.93. The lowest BCUT2D eigenvalue weighted by molar-refractivity contribution is -0.129. The van der Waals surface area contributed by atoms with Gasteiger partial charge in [-0.25, -0.2) is 4.98 Å². The molecule has 3 atom stereocenters. The molecular formula is C18H27N5O. The molecule has 3 unspecified atom stereocenters. The molecule has 2 fully saturated rings.